The summed E-state index contributed by atoms with van der Waals surface area (Å²) in [6, 6.07) is 17.0. The summed E-state index contributed by atoms with van der Waals surface area (Å²) in [5.41, 5.74) is 20.7. The van der Waals surface area contributed by atoms with Gasteiger partial charge in [-0.05, 0) is 63.8 Å². The largest absolute Gasteiger partial charge is 2.00 e. The Balaban J connectivity index is 0.00000119. The molecule has 4 nitrogen and oxygen atoms in total. The number of unbranched alkanes of at least 4 members (excludes halogenated alkanes) is 3. The van der Waals surface area contributed by atoms with Crippen molar-refractivity contribution in [3.05, 3.63) is 98.1 Å². The SMILES string of the molecule is CCCCCC1=C(c2cccc(C)c2)[N+](=[N-])C(c2cccc(C)c2)=C1CCCC.CC[N-]CC.CC[N-]CC.[Ni+2]. The fraction of sp³-hybridized carbons (Fsp3) is 0.543. The van der Waals surface area contributed by atoms with Gasteiger partial charge in [0.2, 0.25) is 11.4 Å². The van der Waals surface area contributed by atoms with Crippen LogP contribution >= 0.6 is 0 Å². The van der Waals surface area contributed by atoms with Gasteiger partial charge in [-0.25, -0.2) is 4.70 Å². The molecular weight excluding hydrogens is 535 g/mol. The molecule has 0 N–H and O–H groups in total. The minimum atomic E-state index is 0. The molecule has 224 valence electrons. The number of aryl methyl sites for hydroxylation is 2. The second kappa shape index (κ2) is 22.6. The van der Waals surface area contributed by atoms with E-state index < -0.39 is 0 Å². The minimum absolute atomic E-state index is 0. The standard InChI is InChI=1S/C27H34N2.2C4H10N.Ni/c1-5-7-9-17-25-24(16-8-6-2)26(22-14-10-12-20(3)18-22)29(28)27(25)23-15-11-13-21(4)19-23;2*1-3-5-4-2;/h10-15,18-19H,5-9,16-17H2,1-4H3;2*3-4H2,1-2H3;/q;2*-1;+2. The molecule has 0 unspecified atom stereocenters. The van der Waals surface area contributed by atoms with Crippen molar-refractivity contribution in [1.29, 1.82) is 0 Å². The van der Waals surface area contributed by atoms with Crippen LogP contribution in [0, 0.1) is 13.8 Å². The average Bonchev–Trinajstić information content (AvgIpc) is 3.20. The Hall–Kier alpha value is -2.07. The Bertz CT molecular complexity index is 1040. The molecule has 0 aromatic heterocycles. The molecule has 1 aliphatic rings. The van der Waals surface area contributed by atoms with Crippen LogP contribution in [0.2, 0.25) is 0 Å². The van der Waals surface area contributed by atoms with E-state index in [4.69, 9.17) is 0 Å². The van der Waals surface area contributed by atoms with Crippen LogP contribution in [-0.4, -0.2) is 30.9 Å². The number of allylic oxidation sites excluding steroid dienone is 2. The quantitative estimate of drug-likeness (QED) is 0.127. The molecule has 1 heterocycles. The van der Waals surface area contributed by atoms with Crippen molar-refractivity contribution in [2.75, 3.05) is 26.2 Å². The number of hydrogen-bond donors (Lipinski definition) is 0. The van der Waals surface area contributed by atoms with E-state index >= 15 is 0 Å². The second-order valence-corrected chi connectivity index (χ2v) is 9.98. The molecule has 1 aliphatic heterocycles. The normalized spacial score (nSPS) is 12.4. The van der Waals surface area contributed by atoms with Crippen LogP contribution in [0.25, 0.3) is 27.6 Å². The van der Waals surface area contributed by atoms with Crippen LogP contribution < -0.4 is 0 Å². The summed E-state index contributed by atoms with van der Waals surface area (Å²) in [7, 11) is 0. The van der Waals surface area contributed by atoms with Gasteiger partial charge in [-0.15, -0.1) is 0 Å². The maximum atomic E-state index is 11.5. The monoisotopic (exact) mass is 588 g/mol. The molecule has 0 fully saturated rings. The third-order valence-corrected chi connectivity index (χ3v) is 6.65. The van der Waals surface area contributed by atoms with Crippen molar-refractivity contribution >= 4 is 11.4 Å². The fourth-order valence-corrected chi connectivity index (χ4v) is 4.72. The van der Waals surface area contributed by atoms with Crippen molar-refractivity contribution < 1.29 is 21.2 Å². The molecule has 2 aromatic carbocycles. The Kier molecular flexibility index (Phi) is 21.4. The van der Waals surface area contributed by atoms with E-state index in [9.17, 15) is 5.53 Å². The molecule has 40 heavy (non-hydrogen) atoms. The molecule has 0 amide bonds. The summed E-state index contributed by atoms with van der Waals surface area (Å²) in [6.45, 7) is 20.8. The Morgan fingerprint density at radius 2 is 1.00 bits per heavy atom. The van der Waals surface area contributed by atoms with Gasteiger partial charge in [-0.3, -0.25) is 0 Å². The van der Waals surface area contributed by atoms with Gasteiger partial charge in [0.1, 0.15) is 0 Å². The van der Waals surface area contributed by atoms with Crippen LogP contribution in [0.1, 0.15) is 109 Å². The second-order valence-electron chi connectivity index (χ2n) is 9.98. The van der Waals surface area contributed by atoms with Gasteiger partial charge in [-0.1, -0.05) is 96.2 Å². The molecule has 0 atom stereocenters. The number of nitrogens with zero attached hydrogens (tertiary/aromatic N) is 4. The topological polar surface area (TPSA) is 53.5 Å². The smallest absolute Gasteiger partial charge is 0.663 e. The van der Waals surface area contributed by atoms with Gasteiger partial charge in [0.25, 0.3) is 0 Å². The van der Waals surface area contributed by atoms with E-state index in [-0.39, 0.29) is 16.5 Å². The van der Waals surface area contributed by atoms with Gasteiger partial charge in [0.05, 0.1) is 0 Å². The predicted octanol–water partition coefficient (Wildman–Crippen LogP) is 11.0. The molecule has 2 aromatic rings. The van der Waals surface area contributed by atoms with E-state index in [1.165, 1.54) is 39.8 Å². The summed E-state index contributed by atoms with van der Waals surface area (Å²) in [4.78, 5) is 0. The van der Waals surface area contributed by atoms with E-state index in [2.05, 4.69) is 86.9 Å². The number of hydrogen-bond acceptors (Lipinski definition) is 0. The first kappa shape index (κ1) is 37.9. The zero-order valence-electron chi connectivity index (χ0n) is 26.5. The molecule has 0 saturated carbocycles. The zero-order valence-corrected chi connectivity index (χ0v) is 27.5. The Morgan fingerprint density at radius 3 is 1.32 bits per heavy atom. The van der Waals surface area contributed by atoms with Gasteiger partial charge in [0.15, 0.2) is 0 Å². The van der Waals surface area contributed by atoms with Gasteiger partial charge >= 0.3 is 16.5 Å². The summed E-state index contributed by atoms with van der Waals surface area (Å²) >= 11 is 0. The van der Waals surface area contributed by atoms with E-state index in [1.807, 2.05) is 27.7 Å². The first-order chi connectivity index (χ1) is 18.9. The van der Waals surface area contributed by atoms with Crippen LogP contribution in [0.4, 0.5) is 0 Å². The zero-order chi connectivity index (χ0) is 29.0. The summed E-state index contributed by atoms with van der Waals surface area (Å²) in [5.74, 6) is 0. The van der Waals surface area contributed by atoms with Crippen molar-refractivity contribution in [3.63, 3.8) is 0 Å². The molecule has 0 bridgehead atoms. The maximum absolute atomic E-state index is 11.5. The molecule has 0 spiro atoms. The van der Waals surface area contributed by atoms with Gasteiger partial charge in [-0.2, -0.15) is 26.2 Å². The van der Waals surface area contributed by atoms with Crippen molar-refractivity contribution in [2.45, 2.75) is 100 Å². The van der Waals surface area contributed by atoms with E-state index in [1.54, 1.807) is 0 Å². The summed E-state index contributed by atoms with van der Waals surface area (Å²) < 4.78 is 1.48. The van der Waals surface area contributed by atoms with Crippen LogP contribution in [-0.2, 0) is 16.5 Å². The average molecular weight is 590 g/mol. The number of rotatable bonds is 13. The summed E-state index contributed by atoms with van der Waals surface area (Å²) in [5, 5.41) is 7.94. The van der Waals surface area contributed by atoms with Crippen LogP contribution in [0.5, 0.6) is 0 Å². The van der Waals surface area contributed by atoms with Gasteiger partial charge < -0.3 is 16.2 Å². The van der Waals surface area contributed by atoms with Crippen LogP contribution in [0.3, 0.4) is 0 Å². The minimum Gasteiger partial charge on any atom is -0.663 e. The predicted molar refractivity (Wildman–Crippen MR) is 172 cm³/mol. The van der Waals surface area contributed by atoms with Crippen LogP contribution in [0.15, 0.2) is 59.7 Å². The van der Waals surface area contributed by atoms with Gasteiger partial charge in [0, 0.05) is 22.3 Å². The third kappa shape index (κ3) is 12.6. The summed E-state index contributed by atoms with van der Waals surface area (Å²) in [6.07, 6.45) is 7.89. The molecular formula is C35H54N4Ni. The maximum Gasteiger partial charge on any atom is 2.00 e. The van der Waals surface area contributed by atoms with E-state index in [0.717, 1.165) is 80.8 Å². The third-order valence-electron chi connectivity index (χ3n) is 6.65. The van der Waals surface area contributed by atoms with Crippen molar-refractivity contribution in [2.24, 2.45) is 0 Å². The first-order valence-electron chi connectivity index (χ1n) is 15.3. The first-order valence-corrected chi connectivity index (χ1v) is 15.3. The fourth-order valence-electron chi connectivity index (χ4n) is 4.72. The molecule has 0 saturated heterocycles. The Morgan fingerprint density at radius 1 is 0.600 bits per heavy atom. The van der Waals surface area contributed by atoms with Crippen molar-refractivity contribution in [3.8, 4) is 0 Å². The molecule has 0 aliphatic carbocycles. The molecule has 5 heteroatoms. The van der Waals surface area contributed by atoms with Crippen molar-refractivity contribution in [1.82, 2.24) is 0 Å². The molecule has 0 radical (unpaired) electrons. The molecule has 3 rings (SSSR count). The Labute approximate surface area is 256 Å². The van der Waals surface area contributed by atoms with E-state index in [0.29, 0.717) is 0 Å². The number of benzene rings is 2.